The van der Waals surface area contributed by atoms with E-state index in [4.69, 9.17) is 11.6 Å². The van der Waals surface area contributed by atoms with Crippen LogP contribution in [-0.2, 0) is 9.84 Å². The molecule has 6 heteroatoms. The van der Waals surface area contributed by atoms with Crippen molar-refractivity contribution in [2.24, 2.45) is 0 Å². The fraction of sp³-hybridized carbons (Fsp3) is 0.533. The number of hydrogen-bond acceptors (Lipinski definition) is 3. The third-order valence-corrected chi connectivity index (χ3v) is 5.52. The molecule has 0 saturated carbocycles. The molecule has 0 radical (unpaired) electrons. The first kappa shape index (κ1) is 16.3. The van der Waals surface area contributed by atoms with Crippen molar-refractivity contribution in [3.8, 4) is 0 Å². The highest BCUT2D eigenvalue weighted by molar-refractivity contribution is 7.90. The molecule has 0 bridgehead atoms. The molecule has 0 N–H and O–H groups in total. The molecule has 21 heavy (non-hydrogen) atoms. The lowest BCUT2D eigenvalue weighted by atomic mass is 9.99. The normalized spacial score (nSPS) is 19.6. The molecular weight excluding hydrogens is 310 g/mol. The molecule has 1 aromatic carbocycles. The molecular formula is C15H20ClNO3S. The van der Waals surface area contributed by atoms with Gasteiger partial charge in [-0.3, -0.25) is 4.79 Å². The van der Waals surface area contributed by atoms with Gasteiger partial charge in [0.25, 0.3) is 5.91 Å². The van der Waals surface area contributed by atoms with E-state index in [0.29, 0.717) is 5.56 Å². The Labute approximate surface area is 131 Å². The van der Waals surface area contributed by atoms with Gasteiger partial charge in [-0.2, -0.15) is 0 Å². The van der Waals surface area contributed by atoms with Crippen LogP contribution in [0.3, 0.4) is 0 Å². The molecule has 1 aliphatic rings. The number of sulfone groups is 1. The van der Waals surface area contributed by atoms with E-state index in [2.05, 4.69) is 6.92 Å². The Hall–Kier alpha value is -1.07. The van der Waals surface area contributed by atoms with Gasteiger partial charge in [0.1, 0.15) is 0 Å². The minimum atomic E-state index is -3.44. The van der Waals surface area contributed by atoms with Crippen LogP contribution in [0.15, 0.2) is 23.1 Å². The van der Waals surface area contributed by atoms with Gasteiger partial charge in [0.2, 0.25) is 0 Å². The Bertz CT molecular complexity index is 642. The number of rotatable bonds is 3. The maximum absolute atomic E-state index is 12.6. The zero-order valence-corrected chi connectivity index (χ0v) is 13.9. The van der Waals surface area contributed by atoms with Gasteiger partial charge in [0.05, 0.1) is 9.92 Å². The number of nitrogens with zero attached hydrogens (tertiary/aromatic N) is 1. The molecule has 0 spiro atoms. The van der Waals surface area contributed by atoms with Crippen LogP contribution >= 0.6 is 11.6 Å². The van der Waals surface area contributed by atoms with Gasteiger partial charge in [-0.1, -0.05) is 18.5 Å². The van der Waals surface area contributed by atoms with E-state index in [1.54, 1.807) is 6.07 Å². The minimum absolute atomic E-state index is 0.0140. The van der Waals surface area contributed by atoms with Crippen LogP contribution in [0.1, 0.15) is 43.0 Å². The van der Waals surface area contributed by atoms with Crippen molar-refractivity contribution < 1.29 is 13.2 Å². The largest absolute Gasteiger partial charge is 0.336 e. The van der Waals surface area contributed by atoms with Crippen molar-refractivity contribution in [2.75, 3.05) is 12.8 Å². The first-order chi connectivity index (χ1) is 9.84. The first-order valence-corrected chi connectivity index (χ1v) is 9.42. The molecule has 1 aliphatic heterocycles. The second kappa shape index (κ2) is 6.36. The number of amides is 1. The van der Waals surface area contributed by atoms with Crippen LogP contribution in [0.5, 0.6) is 0 Å². The van der Waals surface area contributed by atoms with Crippen LogP contribution in [-0.4, -0.2) is 38.1 Å². The lowest BCUT2D eigenvalue weighted by Crippen LogP contribution is -2.43. The lowest BCUT2D eigenvalue weighted by molar-refractivity contribution is 0.0608. The molecule has 1 aromatic rings. The summed E-state index contributed by atoms with van der Waals surface area (Å²) in [6.07, 6.45) is 5.15. The van der Waals surface area contributed by atoms with Gasteiger partial charge in [0, 0.05) is 24.4 Å². The summed E-state index contributed by atoms with van der Waals surface area (Å²) < 4.78 is 23.4. The molecule has 0 aliphatic carbocycles. The fourth-order valence-electron chi connectivity index (χ4n) is 2.78. The third-order valence-electron chi connectivity index (χ3n) is 3.94. The monoisotopic (exact) mass is 329 g/mol. The minimum Gasteiger partial charge on any atom is -0.336 e. The number of piperidine rings is 1. The van der Waals surface area contributed by atoms with Crippen LogP contribution in [0.2, 0.25) is 5.02 Å². The summed E-state index contributed by atoms with van der Waals surface area (Å²) in [5, 5.41) is 0.153. The van der Waals surface area contributed by atoms with E-state index in [9.17, 15) is 13.2 Å². The molecule has 1 saturated heterocycles. The predicted octanol–water partition coefficient (Wildman–Crippen LogP) is 3.15. The Morgan fingerprint density at radius 1 is 1.38 bits per heavy atom. The molecule has 4 nitrogen and oxygen atoms in total. The number of halogens is 1. The molecule has 1 fully saturated rings. The summed E-state index contributed by atoms with van der Waals surface area (Å²) in [6.45, 7) is 2.80. The van der Waals surface area contributed by atoms with Gasteiger partial charge in [-0.05, 0) is 43.9 Å². The van der Waals surface area contributed by atoms with E-state index in [-0.39, 0.29) is 21.9 Å². The maximum Gasteiger partial charge on any atom is 0.254 e. The summed E-state index contributed by atoms with van der Waals surface area (Å²) in [5.41, 5.74) is 0.389. The van der Waals surface area contributed by atoms with E-state index in [0.717, 1.165) is 38.5 Å². The second-order valence-corrected chi connectivity index (χ2v) is 7.87. The topological polar surface area (TPSA) is 54.5 Å². The summed E-state index contributed by atoms with van der Waals surface area (Å²) in [5.74, 6) is -0.108. The van der Waals surface area contributed by atoms with E-state index < -0.39 is 9.84 Å². The van der Waals surface area contributed by atoms with Crippen molar-refractivity contribution in [1.29, 1.82) is 0 Å². The Kier molecular flexibility index (Phi) is 4.94. The Morgan fingerprint density at radius 3 is 2.71 bits per heavy atom. The van der Waals surface area contributed by atoms with Gasteiger partial charge < -0.3 is 4.90 Å². The number of carbonyl (C=O) groups is 1. The molecule has 1 atom stereocenters. The highest BCUT2D eigenvalue weighted by Gasteiger charge is 2.27. The Balaban J connectivity index is 2.35. The number of likely N-dealkylation sites (tertiary alicyclic amines) is 1. The summed E-state index contributed by atoms with van der Waals surface area (Å²) in [4.78, 5) is 14.5. The predicted molar refractivity (Wildman–Crippen MR) is 83.5 cm³/mol. The van der Waals surface area contributed by atoms with Crippen molar-refractivity contribution in [2.45, 2.75) is 43.5 Å². The lowest BCUT2D eigenvalue weighted by Gasteiger charge is -2.35. The summed E-state index contributed by atoms with van der Waals surface area (Å²) in [6, 6.07) is 4.71. The van der Waals surface area contributed by atoms with Gasteiger partial charge in [-0.15, -0.1) is 0 Å². The molecule has 1 heterocycles. The zero-order valence-electron chi connectivity index (χ0n) is 12.3. The third kappa shape index (κ3) is 3.58. The number of hydrogen-bond donors (Lipinski definition) is 0. The van der Waals surface area contributed by atoms with E-state index >= 15 is 0 Å². The van der Waals surface area contributed by atoms with Crippen LogP contribution in [0.4, 0.5) is 0 Å². The second-order valence-electron chi connectivity index (χ2n) is 5.47. The molecule has 1 amide bonds. The van der Waals surface area contributed by atoms with Crippen molar-refractivity contribution in [1.82, 2.24) is 4.90 Å². The highest BCUT2D eigenvalue weighted by atomic mass is 35.5. The SMILES string of the molecule is CC[C@@H]1CCCCN1C(=O)c1ccc(Cl)c(S(C)(=O)=O)c1. The molecule has 0 unspecified atom stereocenters. The quantitative estimate of drug-likeness (QED) is 0.856. The summed E-state index contributed by atoms with van der Waals surface area (Å²) in [7, 11) is -3.44. The van der Waals surface area contributed by atoms with Crippen molar-refractivity contribution >= 4 is 27.3 Å². The average Bonchev–Trinajstić information content (AvgIpc) is 2.45. The van der Waals surface area contributed by atoms with E-state index in [1.165, 1.54) is 12.1 Å². The van der Waals surface area contributed by atoms with Crippen LogP contribution in [0, 0.1) is 0 Å². The Morgan fingerprint density at radius 2 is 2.10 bits per heavy atom. The van der Waals surface area contributed by atoms with Gasteiger partial charge in [0.15, 0.2) is 9.84 Å². The maximum atomic E-state index is 12.6. The zero-order chi connectivity index (χ0) is 15.6. The summed E-state index contributed by atoms with van der Waals surface area (Å²) >= 11 is 5.92. The van der Waals surface area contributed by atoms with Crippen LogP contribution < -0.4 is 0 Å². The molecule has 0 aromatic heterocycles. The van der Waals surface area contributed by atoms with Gasteiger partial charge >= 0.3 is 0 Å². The van der Waals surface area contributed by atoms with Crippen molar-refractivity contribution in [3.05, 3.63) is 28.8 Å². The number of carbonyl (C=O) groups excluding carboxylic acids is 1. The fourth-order valence-corrected chi connectivity index (χ4v) is 4.08. The average molecular weight is 330 g/mol. The number of benzene rings is 1. The highest BCUT2D eigenvalue weighted by Crippen LogP contribution is 2.26. The van der Waals surface area contributed by atoms with Crippen molar-refractivity contribution in [3.63, 3.8) is 0 Å². The molecule has 2 rings (SSSR count). The van der Waals surface area contributed by atoms with Gasteiger partial charge in [-0.25, -0.2) is 8.42 Å². The molecule has 116 valence electrons. The first-order valence-electron chi connectivity index (χ1n) is 7.15. The standard InChI is InChI=1S/C15H20ClNO3S/c1-3-12-6-4-5-9-17(12)15(18)11-7-8-13(16)14(10-11)21(2,19)20/h7-8,10,12H,3-6,9H2,1-2H3/t12-/m1/s1. The van der Waals surface area contributed by atoms with E-state index in [1.807, 2.05) is 4.90 Å². The van der Waals surface area contributed by atoms with Crippen LogP contribution in [0.25, 0.3) is 0 Å². The smallest absolute Gasteiger partial charge is 0.254 e.